The molecule has 0 aliphatic heterocycles. The van der Waals surface area contributed by atoms with Crippen LogP contribution in [0.4, 0.5) is 0 Å². The monoisotopic (exact) mass is 208 g/mol. The normalized spacial score (nSPS) is 10.4. The van der Waals surface area contributed by atoms with Crippen molar-refractivity contribution in [2.75, 3.05) is 7.11 Å². The highest BCUT2D eigenvalue weighted by atomic mass is 32.1. The van der Waals surface area contributed by atoms with Gasteiger partial charge in [-0.2, -0.15) is 4.37 Å². The summed E-state index contributed by atoms with van der Waals surface area (Å²) in [6, 6.07) is 7.58. The number of rotatable bonds is 2. The van der Waals surface area contributed by atoms with Gasteiger partial charge >= 0.3 is 0 Å². The molecule has 1 aromatic heterocycles. The third-order valence-electron chi connectivity index (χ3n) is 1.79. The first-order valence-electron chi connectivity index (χ1n) is 4.00. The van der Waals surface area contributed by atoms with E-state index in [1.807, 2.05) is 24.3 Å². The van der Waals surface area contributed by atoms with Gasteiger partial charge in [-0.25, -0.2) is 5.48 Å². The van der Waals surface area contributed by atoms with Crippen LogP contribution in [-0.4, -0.2) is 17.4 Å². The van der Waals surface area contributed by atoms with Crippen LogP contribution >= 0.6 is 11.5 Å². The Hall–Kier alpha value is -1.46. The van der Waals surface area contributed by atoms with Gasteiger partial charge in [0.1, 0.15) is 0 Å². The molecule has 14 heavy (non-hydrogen) atoms. The molecule has 0 aliphatic carbocycles. The van der Waals surface area contributed by atoms with Crippen molar-refractivity contribution in [1.82, 2.24) is 9.85 Å². The number of carbonyl (C=O) groups is 1. The first-order valence-corrected chi connectivity index (χ1v) is 4.78. The van der Waals surface area contributed by atoms with E-state index in [1.54, 1.807) is 0 Å². The van der Waals surface area contributed by atoms with Gasteiger partial charge in [-0.05, 0) is 17.6 Å². The zero-order chi connectivity index (χ0) is 9.97. The fourth-order valence-electron chi connectivity index (χ4n) is 1.19. The average Bonchev–Trinajstić information content (AvgIpc) is 2.61. The van der Waals surface area contributed by atoms with Crippen molar-refractivity contribution in [2.24, 2.45) is 0 Å². The zero-order valence-corrected chi connectivity index (χ0v) is 8.30. The number of aromatic nitrogens is 1. The summed E-state index contributed by atoms with van der Waals surface area (Å²) in [5.74, 6) is -0.315. The number of amides is 1. The topological polar surface area (TPSA) is 51.2 Å². The van der Waals surface area contributed by atoms with E-state index in [9.17, 15) is 4.79 Å². The predicted molar refractivity (Wildman–Crippen MR) is 54.1 cm³/mol. The Morgan fingerprint density at radius 1 is 1.50 bits per heavy atom. The molecular formula is C9H8N2O2S. The second-order valence-corrected chi connectivity index (χ2v) is 3.47. The summed E-state index contributed by atoms with van der Waals surface area (Å²) in [5, 5.41) is 0.854. The molecule has 0 spiro atoms. The molecule has 0 fully saturated rings. The summed E-state index contributed by atoms with van der Waals surface area (Å²) in [7, 11) is 1.40. The van der Waals surface area contributed by atoms with E-state index in [2.05, 4.69) is 14.7 Å². The summed E-state index contributed by atoms with van der Waals surface area (Å²) in [6.45, 7) is 0. The van der Waals surface area contributed by atoms with Gasteiger partial charge in [0, 0.05) is 5.39 Å². The van der Waals surface area contributed by atoms with E-state index in [0.717, 1.165) is 10.1 Å². The average molecular weight is 208 g/mol. The van der Waals surface area contributed by atoms with Gasteiger partial charge in [-0.15, -0.1) is 0 Å². The number of hydrogen-bond acceptors (Lipinski definition) is 4. The summed E-state index contributed by atoms with van der Waals surface area (Å²) in [6.07, 6.45) is 0. The number of fused-ring (bicyclic) bond motifs is 1. The maximum Gasteiger partial charge on any atom is 0.295 e. The summed E-state index contributed by atoms with van der Waals surface area (Å²) >= 11 is 1.30. The molecule has 2 aromatic rings. The van der Waals surface area contributed by atoms with E-state index >= 15 is 0 Å². The molecule has 0 unspecified atom stereocenters. The number of hydroxylamine groups is 1. The quantitative estimate of drug-likeness (QED) is 0.762. The molecule has 4 nitrogen and oxygen atoms in total. The van der Waals surface area contributed by atoms with E-state index in [0.29, 0.717) is 5.69 Å². The van der Waals surface area contributed by atoms with Crippen LogP contribution in [0.15, 0.2) is 24.3 Å². The summed E-state index contributed by atoms with van der Waals surface area (Å²) < 4.78 is 5.06. The third kappa shape index (κ3) is 1.47. The van der Waals surface area contributed by atoms with Crippen LogP contribution in [0, 0.1) is 0 Å². The van der Waals surface area contributed by atoms with Crippen LogP contribution < -0.4 is 5.48 Å². The first kappa shape index (κ1) is 9.11. The maximum atomic E-state index is 11.4. The highest BCUT2D eigenvalue weighted by Gasteiger charge is 2.12. The first-order chi connectivity index (χ1) is 6.83. The number of hydrogen-bond donors (Lipinski definition) is 1. The number of benzene rings is 1. The lowest BCUT2D eigenvalue weighted by atomic mass is 10.2. The molecule has 0 saturated heterocycles. The number of carbonyl (C=O) groups excluding carboxylic acids is 1. The standard InChI is InChI=1S/C9H8N2O2S/c1-13-10-9(12)8-6-4-2-3-5-7(6)14-11-8/h2-5H,1H3,(H,10,12). The van der Waals surface area contributed by atoms with Crippen molar-refractivity contribution < 1.29 is 9.63 Å². The Kier molecular flexibility index (Phi) is 2.43. The fourth-order valence-corrected chi connectivity index (χ4v) is 1.96. The fraction of sp³-hybridized carbons (Fsp3) is 0.111. The van der Waals surface area contributed by atoms with E-state index in [1.165, 1.54) is 18.6 Å². The van der Waals surface area contributed by atoms with Crippen LogP contribution in [0.5, 0.6) is 0 Å². The van der Waals surface area contributed by atoms with Gasteiger partial charge in [0.2, 0.25) is 0 Å². The Bertz CT molecular complexity index is 467. The minimum absolute atomic E-state index is 0.315. The lowest BCUT2D eigenvalue weighted by Crippen LogP contribution is -2.22. The summed E-state index contributed by atoms with van der Waals surface area (Å²) in [5.41, 5.74) is 2.65. The van der Waals surface area contributed by atoms with Crippen LogP contribution in [0.2, 0.25) is 0 Å². The molecule has 1 aromatic carbocycles. The molecule has 0 atom stereocenters. The van der Waals surface area contributed by atoms with Gasteiger partial charge in [-0.3, -0.25) is 9.63 Å². The number of nitrogens with one attached hydrogen (secondary N) is 1. The van der Waals surface area contributed by atoms with Crippen molar-refractivity contribution in [2.45, 2.75) is 0 Å². The molecule has 0 radical (unpaired) electrons. The predicted octanol–water partition coefficient (Wildman–Crippen LogP) is 1.59. The lowest BCUT2D eigenvalue weighted by molar-refractivity contribution is 0.0535. The highest BCUT2D eigenvalue weighted by Crippen LogP contribution is 2.21. The van der Waals surface area contributed by atoms with Gasteiger partial charge < -0.3 is 0 Å². The Morgan fingerprint density at radius 3 is 3.07 bits per heavy atom. The van der Waals surface area contributed by atoms with E-state index in [-0.39, 0.29) is 5.91 Å². The van der Waals surface area contributed by atoms with Crippen molar-refractivity contribution in [3.8, 4) is 0 Å². The molecule has 0 bridgehead atoms. The van der Waals surface area contributed by atoms with Gasteiger partial charge in [0.15, 0.2) is 5.69 Å². The van der Waals surface area contributed by atoms with E-state index in [4.69, 9.17) is 0 Å². The lowest BCUT2D eigenvalue weighted by Gasteiger charge is -1.97. The summed E-state index contributed by atoms with van der Waals surface area (Å²) in [4.78, 5) is 16.0. The van der Waals surface area contributed by atoms with Crippen molar-refractivity contribution in [3.63, 3.8) is 0 Å². The second kappa shape index (κ2) is 3.73. The zero-order valence-electron chi connectivity index (χ0n) is 7.48. The third-order valence-corrected chi connectivity index (χ3v) is 2.61. The van der Waals surface area contributed by atoms with Crippen molar-refractivity contribution in [1.29, 1.82) is 0 Å². The van der Waals surface area contributed by atoms with Crippen LogP contribution in [0.1, 0.15) is 10.5 Å². The molecule has 72 valence electrons. The van der Waals surface area contributed by atoms with Crippen LogP contribution in [0.25, 0.3) is 10.1 Å². The number of nitrogens with zero attached hydrogens (tertiary/aromatic N) is 1. The molecule has 0 saturated carbocycles. The van der Waals surface area contributed by atoms with Crippen LogP contribution in [0.3, 0.4) is 0 Å². The Labute approximate surface area is 84.6 Å². The van der Waals surface area contributed by atoms with Crippen LogP contribution in [-0.2, 0) is 4.84 Å². The van der Waals surface area contributed by atoms with E-state index < -0.39 is 0 Å². The minimum Gasteiger partial charge on any atom is -0.277 e. The maximum absolute atomic E-state index is 11.4. The largest absolute Gasteiger partial charge is 0.295 e. The SMILES string of the molecule is CONC(=O)c1nsc2ccccc12. The molecular weight excluding hydrogens is 200 g/mol. The molecule has 0 aliphatic rings. The second-order valence-electron chi connectivity index (χ2n) is 2.66. The Balaban J connectivity index is 2.47. The highest BCUT2D eigenvalue weighted by molar-refractivity contribution is 7.13. The van der Waals surface area contributed by atoms with Crippen molar-refractivity contribution in [3.05, 3.63) is 30.0 Å². The van der Waals surface area contributed by atoms with Crippen molar-refractivity contribution >= 4 is 27.5 Å². The van der Waals surface area contributed by atoms with Gasteiger partial charge in [0.25, 0.3) is 5.91 Å². The smallest absolute Gasteiger partial charge is 0.277 e. The molecule has 1 amide bonds. The minimum atomic E-state index is -0.315. The van der Waals surface area contributed by atoms with Gasteiger partial charge in [0.05, 0.1) is 11.8 Å². The molecule has 2 rings (SSSR count). The van der Waals surface area contributed by atoms with Gasteiger partial charge in [-0.1, -0.05) is 18.2 Å². The molecule has 1 N–H and O–H groups in total. The Morgan fingerprint density at radius 2 is 2.29 bits per heavy atom. The molecule has 1 heterocycles. The molecule has 5 heteroatoms.